The van der Waals surface area contributed by atoms with Gasteiger partial charge >= 0.3 is 0 Å². The van der Waals surface area contributed by atoms with Crippen LogP contribution < -0.4 is 21.3 Å². The Bertz CT molecular complexity index is 1560. The molecular weight excluding hydrogens is 664 g/mol. The van der Waals surface area contributed by atoms with Crippen molar-refractivity contribution in [3.05, 3.63) is 60.2 Å². The second-order valence-electron chi connectivity index (χ2n) is 14.0. The molecule has 13 nitrogen and oxygen atoms in total. The van der Waals surface area contributed by atoms with Gasteiger partial charge in [0, 0.05) is 25.4 Å². The van der Waals surface area contributed by atoms with Crippen LogP contribution in [0.4, 0.5) is 8.78 Å². The van der Waals surface area contributed by atoms with Crippen LogP contribution in [0.15, 0.2) is 48.9 Å². The van der Waals surface area contributed by atoms with E-state index in [9.17, 15) is 37.5 Å². The first-order chi connectivity index (χ1) is 24.2. The zero-order valence-corrected chi connectivity index (χ0v) is 29.5. The average Bonchev–Trinajstić information content (AvgIpc) is 3.70. The Morgan fingerprint density at radius 3 is 2.16 bits per heavy atom. The van der Waals surface area contributed by atoms with E-state index in [0.717, 1.165) is 12.8 Å². The molecule has 2 unspecified atom stereocenters. The Labute approximate surface area is 296 Å². The molecule has 4 rings (SSSR count). The molecule has 276 valence electrons. The Hall–Kier alpha value is -4.82. The van der Waals surface area contributed by atoms with Gasteiger partial charge in [0.25, 0.3) is 11.8 Å². The molecule has 7 atom stereocenters. The van der Waals surface area contributed by atoms with Crippen LogP contribution in [0.1, 0.15) is 82.4 Å². The Balaban J connectivity index is 1.51. The summed E-state index contributed by atoms with van der Waals surface area (Å²) in [5.74, 6) is -6.13. The maximum absolute atomic E-state index is 14.2. The summed E-state index contributed by atoms with van der Waals surface area (Å²) in [5.41, 5.74) is 0.705. The molecule has 5 amide bonds. The molecule has 4 N–H and O–H groups in total. The molecule has 1 aromatic carbocycles. The molecule has 0 spiro atoms. The third-order valence-electron chi connectivity index (χ3n) is 9.62. The van der Waals surface area contributed by atoms with Gasteiger partial charge in [0.05, 0.1) is 12.2 Å². The van der Waals surface area contributed by atoms with E-state index < -0.39 is 84.3 Å². The largest absolute Gasteiger partial charge is 0.344 e. The number of aromatic nitrogens is 2. The normalized spacial score (nSPS) is 20.7. The van der Waals surface area contributed by atoms with Gasteiger partial charge in [-0.15, -0.1) is 0 Å². The van der Waals surface area contributed by atoms with E-state index >= 15 is 0 Å². The number of nitrogens with one attached hydrogen (secondary N) is 4. The van der Waals surface area contributed by atoms with Crippen LogP contribution in [-0.4, -0.2) is 87.3 Å². The fourth-order valence-corrected chi connectivity index (χ4v) is 6.89. The summed E-state index contributed by atoms with van der Waals surface area (Å²) in [6.45, 7) is 8.75. The van der Waals surface area contributed by atoms with Crippen LogP contribution in [-0.2, 0) is 24.0 Å². The molecule has 1 aromatic heterocycles. The van der Waals surface area contributed by atoms with Gasteiger partial charge in [-0.25, -0.2) is 13.8 Å². The number of rotatable bonds is 15. The summed E-state index contributed by atoms with van der Waals surface area (Å²) in [6.07, 6.45) is 2.04. The van der Waals surface area contributed by atoms with Gasteiger partial charge in [-0.05, 0) is 49.0 Å². The molecule has 1 aliphatic carbocycles. The standard InChI is InChI=1S/C36H47F2N7O6/c1-19(2)28(43-32(47)26-17-39-14-15-40-26)33(48)44-29(20(3)4)36(51)45-18-23-12-9-13-24(23)30(45)34(49)42-25(16-27(37)38)31(46)35(50)41-21(5)22-10-7-6-8-11-22/h6-8,10-11,14-15,17,19-21,23-25,27-30H,9,12-13,16,18H2,1-5H3,(H,41,50)(H,42,49)(H,43,47)(H,44,48)/t21-,23-,24-,25?,28+,29-,30?/m0/s1. The van der Waals surface area contributed by atoms with Gasteiger partial charge in [0.2, 0.25) is 29.9 Å². The minimum absolute atomic E-state index is 0.0108. The third-order valence-corrected chi connectivity index (χ3v) is 9.62. The molecule has 0 radical (unpaired) electrons. The molecule has 15 heteroatoms. The molecule has 2 heterocycles. The number of fused-ring (bicyclic) bond motifs is 1. The number of benzene rings is 1. The number of amides is 5. The molecule has 1 saturated carbocycles. The molecule has 1 saturated heterocycles. The van der Waals surface area contributed by atoms with Gasteiger partial charge in [-0.1, -0.05) is 64.4 Å². The fraction of sp³-hybridized carbons (Fsp3) is 0.556. The van der Waals surface area contributed by atoms with Crippen molar-refractivity contribution in [3.8, 4) is 0 Å². The first-order valence-electron chi connectivity index (χ1n) is 17.3. The Morgan fingerprint density at radius 1 is 0.863 bits per heavy atom. The second-order valence-corrected chi connectivity index (χ2v) is 14.0. The lowest BCUT2D eigenvalue weighted by molar-refractivity contribution is -0.145. The lowest BCUT2D eigenvalue weighted by Gasteiger charge is -2.34. The molecule has 2 fully saturated rings. The number of nitrogens with zero attached hydrogens (tertiary/aromatic N) is 3. The van der Waals surface area contributed by atoms with E-state index in [0.29, 0.717) is 12.0 Å². The van der Waals surface area contributed by atoms with Crippen LogP contribution in [0.25, 0.3) is 0 Å². The van der Waals surface area contributed by atoms with Crippen molar-refractivity contribution in [2.75, 3.05) is 6.54 Å². The highest BCUT2D eigenvalue weighted by Gasteiger charge is 2.51. The fourth-order valence-electron chi connectivity index (χ4n) is 6.89. The summed E-state index contributed by atoms with van der Waals surface area (Å²) in [5, 5.41) is 10.3. The summed E-state index contributed by atoms with van der Waals surface area (Å²) in [7, 11) is 0. The van der Waals surface area contributed by atoms with E-state index in [1.165, 1.54) is 23.5 Å². The minimum Gasteiger partial charge on any atom is -0.344 e. The Morgan fingerprint density at radius 2 is 1.55 bits per heavy atom. The zero-order chi connectivity index (χ0) is 37.4. The van der Waals surface area contributed by atoms with Gasteiger partial charge < -0.3 is 26.2 Å². The lowest BCUT2D eigenvalue weighted by Crippen LogP contribution is -2.60. The van der Waals surface area contributed by atoms with Crippen LogP contribution in [0.5, 0.6) is 0 Å². The second kappa shape index (κ2) is 17.4. The van der Waals surface area contributed by atoms with Crippen molar-refractivity contribution < 1.29 is 37.5 Å². The van der Waals surface area contributed by atoms with Crippen molar-refractivity contribution in [2.45, 2.75) is 96.9 Å². The molecule has 0 bridgehead atoms. The molecule has 1 aliphatic heterocycles. The topological polar surface area (TPSA) is 180 Å². The number of carbonyl (C=O) groups is 6. The Kier molecular flexibility index (Phi) is 13.3. The number of hydrogen-bond acceptors (Lipinski definition) is 8. The number of Topliss-reactive ketones (excluding diaryl/α,β-unsaturated/α-hetero) is 1. The van der Waals surface area contributed by atoms with Crippen molar-refractivity contribution in [1.29, 1.82) is 0 Å². The number of hydrogen-bond donors (Lipinski definition) is 4. The average molecular weight is 712 g/mol. The highest BCUT2D eigenvalue weighted by atomic mass is 19.3. The van der Waals surface area contributed by atoms with Crippen LogP contribution in [0.2, 0.25) is 0 Å². The summed E-state index contributed by atoms with van der Waals surface area (Å²) in [6, 6.07) is 3.07. The minimum atomic E-state index is -3.01. The van der Waals surface area contributed by atoms with E-state index in [4.69, 9.17) is 0 Å². The molecule has 2 aliphatic rings. The maximum Gasteiger partial charge on any atom is 0.290 e. The smallest absolute Gasteiger partial charge is 0.290 e. The first kappa shape index (κ1) is 39.0. The van der Waals surface area contributed by atoms with Gasteiger partial charge in [0.1, 0.15) is 29.9 Å². The van der Waals surface area contributed by atoms with E-state index in [1.807, 2.05) is 0 Å². The van der Waals surface area contributed by atoms with E-state index in [-0.39, 0.29) is 30.0 Å². The molecule has 2 aromatic rings. The molecular formula is C36H47F2N7O6. The van der Waals surface area contributed by atoms with E-state index in [1.54, 1.807) is 65.0 Å². The van der Waals surface area contributed by atoms with E-state index in [2.05, 4.69) is 31.2 Å². The highest BCUT2D eigenvalue weighted by Crippen LogP contribution is 2.42. The summed E-state index contributed by atoms with van der Waals surface area (Å²) >= 11 is 0. The predicted octanol–water partition coefficient (Wildman–Crippen LogP) is 2.59. The third kappa shape index (κ3) is 9.70. The zero-order valence-electron chi connectivity index (χ0n) is 29.5. The van der Waals surface area contributed by atoms with Gasteiger partial charge in [0.15, 0.2) is 0 Å². The summed E-state index contributed by atoms with van der Waals surface area (Å²) in [4.78, 5) is 89.9. The number of ketones is 1. The number of alkyl halides is 2. The molecule has 51 heavy (non-hydrogen) atoms. The van der Waals surface area contributed by atoms with Gasteiger partial charge in [-0.2, -0.15) is 0 Å². The van der Waals surface area contributed by atoms with Crippen molar-refractivity contribution >= 4 is 35.3 Å². The monoisotopic (exact) mass is 711 g/mol. The van der Waals surface area contributed by atoms with Crippen molar-refractivity contribution in [2.24, 2.45) is 23.7 Å². The summed E-state index contributed by atoms with van der Waals surface area (Å²) < 4.78 is 27.4. The van der Waals surface area contributed by atoms with Crippen LogP contribution in [0.3, 0.4) is 0 Å². The van der Waals surface area contributed by atoms with Crippen LogP contribution >= 0.6 is 0 Å². The van der Waals surface area contributed by atoms with Crippen molar-refractivity contribution in [1.82, 2.24) is 36.1 Å². The number of halogens is 2. The highest BCUT2D eigenvalue weighted by molar-refractivity contribution is 6.38. The SMILES string of the molecule is CC(C)[C@H](NC(=O)[C@H](NC(=O)c1cnccn1)C(C)C)C(=O)N1C[C@@H]2CCC[C@@H]2C1C(=O)NC(CC(F)F)C(=O)C(=O)N[C@@H](C)c1ccccc1. The van der Waals surface area contributed by atoms with Crippen LogP contribution in [0, 0.1) is 23.7 Å². The van der Waals surface area contributed by atoms with Gasteiger partial charge in [-0.3, -0.25) is 33.8 Å². The number of carbonyl (C=O) groups excluding carboxylic acids is 6. The quantitative estimate of drug-likeness (QED) is 0.204. The number of likely N-dealkylation sites (tertiary alicyclic amines) is 1. The predicted molar refractivity (Wildman–Crippen MR) is 182 cm³/mol. The first-order valence-corrected chi connectivity index (χ1v) is 17.3. The maximum atomic E-state index is 14.2. The lowest BCUT2D eigenvalue weighted by atomic mass is 9.92. The van der Waals surface area contributed by atoms with Crippen molar-refractivity contribution in [3.63, 3.8) is 0 Å².